The second kappa shape index (κ2) is 9.12. The average molecular weight is 506 g/mol. The summed E-state index contributed by atoms with van der Waals surface area (Å²) in [6.45, 7) is 0. The van der Waals surface area contributed by atoms with Gasteiger partial charge in [0.1, 0.15) is 22.9 Å². The van der Waals surface area contributed by atoms with E-state index in [9.17, 15) is 14.3 Å². The summed E-state index contributed by atoms with van der Waals surface area (Å²) in [6, 6.07) is 25.0. The quantitative estimate of drug-likeness (QED) is 0.200. The molecule has 0 spiro atoms. The lowest BCUT2D eigenvalue weighted by atomic mass is 9.96. The van der Waals surface area contributed by atoms with Crippen molar-refractivity contribution in [2.45, 2.75) is 0 Å². The zero-order valence-corrected chi connectivity index (χ0v) is 20.7. The Morgan fingerprint density at radius 2 is 1.66 bits per heavy atom. The molecule has 6 rings (SSSR count). The Bertz CT molecular complexity index is 1800. The molecule has 0 bridgehead atoms. The molecule has 1 amide bonds. The van der Waals surface area contributed by atoms with Crippen LogP contribution in [0.15, 0.2) is 89.3 Å². The summed E-state index contributed by atoms with van der Waals surface area (Å²) in [7, 11) is 3.37. The van der Waals surface area contributed by atoms with Crippen molar-refractivity contribution in [3.8, 4) is 39.5 Å². The Kier molecular flexibility index (Phi) is 5.61. The summed E-state index contributed by atoms with van der Waals surface area (Å²) >= 11 is 0. The molecule has 0 aliphatic rings. The van der Waals surface area contributed by atoms with E-state index in [4.69, 9.17) is 4.42 Å². The van der Waals surface area contributed by atoms with Gasteiger partial charge in [-0.25, -0.2) is 4.39 Å². The predicted molar refractivity (Wildman–Crippen MR) is 149 cm³/mol. The number of phenolic OH excluding ortho intramolecular Hbond substituents is 1. The first-order valence-electron chi connectivity index (χ1n) is 12.1. The highest BCUT2D eigenvalue weighted by Gasteiger charge is 2.23. The molecule has 188 valence electrons. The Morgan fingerprint density at radius 1 is 0.895 bits per heavy atom. The third-order valence-corrected chi connectivity index (χ3v) is 6.79. The number of amides is 1. The highest BCUT2D eigenvalue weighted by atomic mass is 19.1. The highest BCUT2D eigenvalue weighted by molar-refractivity contribution is 6.13. The van der Waals surface area contributed by atoms with Gasteiger partial charge in [0.25, 0.3) is 5.91 Å². The van der Waals surface area contributed by atoms with Crippen LogP contribution in [0.5, 0.6) is 5.75 Å². The molecule has 0 unspecified atom stereocenters. The minimum Gasteiger partial charge on any atom is -0.507 e. The van der Waals surface area contributed by atoms with Gasteiger partial charge >= 0.3 is 0 Å². The largest absolute Gasteiger partial charge is 0.507 e. The number of nitrogens with one attached hydrogen (secondary N) is 3. The fourth-order valence-corrected chi connectivity index (χ4v) is 4.88. The number of aromatic nitrogens is 1. The van der Waals surface area contributed by atoms with Crippen molar-refractivity contribution in [2.75, 3.05) is 19.4 Å². The second-order valence-corrected chi connectivity index (χ2v) is 9.04. The molecule has 2 aromatic heterocycles. The number of rotatable bonds is 5. The van der Waals surface area contributed by atoms with E-state index in [0.717, 1.165) is 33.4 Å². The molecule has 4 N–H and O–H groups in total. The molecular formula is C31H24FN3O3. The number of aromatic hydroxyl groups is 1. The van der Waals surface area contributed by atoms with Gasteiger partial charge in [0.15, 0.2) is 0 Å². The third-order valence-electron chi connectivity index (χ3n) is 6.79. The van der Waals surface area contributed by atoms with Crippen molar-refractivity contribution < 1.29 is 18.7 Å². The number of halogens is 1. The highest BCUT2D eigenvalue weighted by Crippen LogP contribution is 2.42. The van der Waals surface area contributed by atoms with Crippen molar-refractivity contribution in [1.29, 1.82) is 0 Å². The molecule has 0 aliphatic heterocycles. The number of H-pyrrole nitrogens is 1. The normalized spacial score (nSPS) is 11.2. The monoisotopic (exact) mass is 505 g/mol. The van der Waals surface area contributed by atoms with Crippen molar-refractivity contribution in [1.82, 2.24) is 10.3 Å². The molecule has 0 radical (unpaired) electrons. The summed E-state index contributed by atoms with van der Waals surface area (Å²) in [4.78, 5) is 16.4. The maximum Gasteiger partial charge on any atom is 0.255 e. The lowest BCUT2D eigenvalue weighted by molar-refractivity contribution is 0.0964. The predicted octanol–water partition coefficient (Wildman–Crippen LogP) is 7.16. The van der Waals surface area contributed by atoms with E-state index in [1.807, 2.05) is 61.6 Å². The number of aromatic amines is 1. The first-order valence-corrected chi connectivity index (χ1v) is 12.1. The van der Waals surface area contributed by atoms with Crippen LogP contribution in [0.4, 0.5) is 10.1 Å². The molecule has 0 aliphatic carbocycles. The second-order valence-electron chi connectivity index (χ2n) is 9.04. The van der Waals surface area contributed by atoms with Crippen LogP contribution in [-0.4, -0.2) is 30.1 Å². The number of carbonyl (C=O) groups excluding carboxylic acids is 1. The van der Waals surface area contributed by atoms with Gasteiger partial charge < -0.3 is 25.1 Å². The van der Waals surface area contributed by atoms with E-state index in [2.05, 4.69) is 15.6 Å². The van der Waals surface area contributed by atoms with Crippen molar-refractivity contribution in [2.24, 2.45) is 0 Å². The molecule has 6 nitrogen and oxygen atoms in total. The van der Waals surface area contributed by atoms with Crippen LogP contribution in [0.3, 0.4) is 0 Å². The average Bonchev–Trinajstić information content (AvgIpc) is 3.54. The standard InChI is InChI=1S/C31H24FN3O3/c1-33-25-16-28-23(29(31(37)34-2)30(38-28)17-7-10-20(32)11-8-17)15-21(25)18-9-12-27(36)22(13-18)26-14-19-5-3-4-6-24(19)35-26/h3-16,33,35-36H,1-2H3,(H,34,37). The molecule has 0 fully saturated rings. The maximum absolute atomic E-state index is 13.6. The fraction of sp³-hybridized carbons (Fsp3) is 0.0645. The van der Waals surface area contributed by atoms with Gasteiger partial charge in [-0.15, -0.1) is 0 Å². The molecule has 0 atom stereocenters. The van der Waals surface area contributed by atoms with Crippen molar-refractivity contribution in [3.05, 3.63) is 96.3 Å². The molecule has 4 aromatic carbocycles. The van der Waals surface area contributed by atoms with E-state index in [1.165, 1.54) is 12.1 Å². The SMILES string of the molecule is CNC(=O)c1c(-c2ccc(F)cc2)oc2cc(NC)c(-c3ccc(O)c(-c4cc5ccccc5[nH]4)c3)cc12. The third kappa shape index (κ3) is 3.85. The Balaban J connectivity index is 1.55. The zero-order valence-electron chi connectivity index (χ0n) is 20.7. The fourth-order valence-electron chi connectivity index (χ4n) is 4.88. The van der Waals surface area contributed by atoms with Gasteiger partial charge in [-0.2, -0.15) is 0 Å². The number of anilines is 1. The van der Waals surface area contributed by atoms with Crippen LogP contribution in [0.2, 0.25) is 0 Å². The van der Waals surface area contributed by atoms with E-state index < -0.39 is 0 Å². The summed E-state index contributed by atoms with van der Waals surface area (Å²) < 4.78 is 19.7. The number of hydrogen-bond acceptors (Lipinski definition) is 4. The smallest absolute Gasteiger partial charge is 0.255 e. The minimum atomic E-state index is -0.371. The first-order chi connectivity index (χ1) is 18.5. The topological polar surface area (TPSA) is 90.3 Å². The van der Waals surface area contributed by atoms with Crippen molar-refractivity contribution >= 4 is 33.5 Å². The van der Waals surface area contributed by atoms with Gasteiger partial charge in [0.05, 0.1) is 11.3 Å². The molecule has 0 saturated carbocycles. The Labute approximate surface area is 217 Å². The zero-order chi connectivity index (χ0) is 26.4. The van der Waals surface area contributed by atoms with Gasteiger partial charge in [-0.3, -0.25) is 4.79 Å². The molecular weight excluding hydrogens is 481 g/mol. The molecule has 6 aromatic rings. The van der Waals surface area contributed by atoms with Gasteiger partial charge in [0.2, 0.25) is 0 Å². The van der Waals surface area contributed by atoms with Gasteiger partial charge in [-0.05, 0) is 60.2 Å². The van der Waals surface area contributed by atoms with E-state index >= 15 is 0 Å². The first kappa shape index (κ1) is 23.4. The van der Waals surface area contributed by atoms with E-state index in [-0.39, 0.29) is 17.5 Å². The number of para-hydroxylation sites is 1. The van der Waals surface area contributed by atoms with E-state index in [0.29, 0.717) is 33.4 Å². The summed E-state index contributed by atoms with van der Waals surface area (Å²) in [6.07, 6.45) is 0. The van der Waals surface area contributed by atoms with Crippen LogP contribution < -0.4 is 10.6 Å². The van der Waals surface area contributed by atoms with Gasteiger partial charge in [-0.1, -0.05) is 24.3 Å². The summed E-state index contributed by atoms with van der Waals surface area (Å²) in [5.74, 6) is -0.164. The molecule has 0 saturated heterocycles. The number of furan rings is 1. The molecule has 7 heteroatoms. The number of phenols is 1. The maximum atomic E-state index is 13.6. The van der Waals surface area contributed by atoms with Crippen LogP contribution in [-0.2, 0) is 0 Å². The number of benzene rings is 4. The van der Waals surface area contributed by atoms with Crippen molar-refractivity contribution in [3.63, 3.8) is 0 Å². The summed E-state index contributed by atoms with van der Waals surface area (Å²) in [5.41, 5.74) is 6.37. The minimum absolute atomic E-state index is 0.153. The lowest BCUT2D eigenvalue weighted by Crippen LogP contribution is -2.18. The summed E-state index contributed by atoms with van der Waals surface area (Å²) in [5, 5.41) is 18.3. The van der Waals surface area contributed by atoms with Crippen LogP contribution in [0.1, 0.15) is 10.4 Å². The Hall–Kier alpha value is -5.04. The molecule has 38 heavy (non-hydrogen) atoms. The van der Waals surface area contributed by atoms with Crippen LogP contribution >= 0.6 is 0 Å². The van der Waals surface area contributed by atoms with Crippen LogP contribution in [0, 0.1) is 5.82 Å². The van der Waals surface area contributed by atoms with E-state index in [1.54, 1.807) is 25.2 Å². The molecule has 2 heterocycles. The number of fused-ring (bicyclic) bond motifs is 2. The Morgan fingerprint density at radius 3 is 2.39 bits per heavy atom. The number of hydrogen-bond donors (Lipinski definition) is 4. The van der Waals surface area contributed by atoms with Gasteiger partial charge in [0, 0.05) is 58.8 Å². The lowest BCUT2D eigenvalue weighted by Gasteiger charge is -2.12. The number of carbonyl (C=O) groups is 1. The van der Waals surface area contributed by atoms with Crippen LogP contribution in [0.25, 0.3) is 55.6 Å².